The maximum Gasteiger partial charge on any atom is 0.243 e. The number of ether oxygens (including phenoxy) is 2. The Bertz CT molecular complexity index is 1160. The van der Waals surface area contributed by atoms with Gasteiger partial charge in [0, 0.05) is 32.1 Å². The second-order valence-electron chi connectivity index (χ2n) is 7.04. The molecule has 2 aromatic carbocycles. The molecule has 9 heteroatoms. The standard InChI is InChI=1S/C22H25N3O4S2/c1-28-14-13-25-21(17-30-22(25)23-19-5-3-2-4-6-19)18-7-9-20(10-8-18)31(26,27)24-11-15-29-16-12-24/h2-10,17H,11-16H2,1H3. The molecule has 2 heterocycles. The van der Waals surface area contributed by atoms with Gasteiger partial charge in [-0.05, 0) is 29.8 Å². The van der Waals surface area contributed by atoms with E-state index in [1.54, 1.807) is 30.6 Å². The van der Waals surface area contributed by atoms with Gasteiger partial charge in [0.2, 0.25) is 10.0 Å². The summed E-state index contributed by atoms with van der Waals surface area (Å²) >= 11 is 1.55. The fourth-order valence-corrected chi connectivity index (χ4v) is 5.76. The summed E-state index contributed by atoms with van der Waals surface area (Å²) in [5.41, 5.74) is 2.80. The van der Waals surface area contributed by atoms with Crippen molar-refractivity contribution in [1.29, 1.82) is 0 Å². The molecule has 31 heavy (non-hydrogen) atoms. The minimum absolute atomic E-state index is 0.297. The van der Waals surface area contributed by atoms with Crippen molar-refractivity contribution >= 4 is 27.0 Å². The van der Waals surface area contributed by atoms with Crippen molar-refractivity contribution in [3.8, 4) is 11.3 Å². The minimum Gasteiger partial charge on any atom is -0.383 e. The van der Waals surface area contributed by atoms with E-state index in [1.807, 2.05) is 47.8 Å². The lowest BCUT2D eigenvalue weighted by Crippen LogP contribution is -2.40. The monoisotopic (exact) mass is 459 g/mol. The largest absolute Gasteiger partial charge is 0.383 e. The van der Waals surface area contributed by atoms with Crippen LogP contribution in [-0.2, 0) is 26.0 Å². The summed E-state index contributed by atoms with van der Waals surface area (Å²) in [4.78, 5) is 5.93. The summed E-state index contributed by atoms with van der Waals surface area (Å²) in [6.45, 7) is 2.83. The summed E-state index contributed by atoms with van der Waals surface area (Å²) in [6.07, 6.45) is 0. The summed E-state index contributed by atoms with van der Waals surface area (Å²) in [7, 11) is -1.84. The van der Waals surface area contributed by atoms with Gasteiger partial charge in [0.15, 0.2) is 4.80 Å². The van der Waals surface area contributed by atoms with Gasteiger partial charge in [0.25, 0.3) is 0 Å². The zero-order valence-corrected chi connectivity index (χ0v) is 18.9. The first-order valence-corrected chi connectivity index (χ1v) is 12.4. The van der Waals surface area contributed by atoms with Crippen molar-refractivity contribution in [3.63, 3.8) is 0 Å². The highest BCUT2D eigenvalue weighted by molar-refractivity contribution is 7.89. The zero-order chi connectivity index (χ0) is 21.7. The van der Waals surface area contributed by atoms with E-state index in [4.69, 9.17) is 14.5 Å². The third-order valence-electron chi connectivity index (χ3n) is 5.06. The predicted molar refractivity (Wildman–Crippen MR) is 121 cm³/mol. The van der Waals surface area contributed by atoms with Crippen molar-refractivity contribution < 1.29 is 17.9 Å². The number of methoxy groups -OCH3 is 1. The van der Waals surface area contributed by atoms with Crippen molar-refractivity contribution in [1.82, 2.24) is 8.87 Å². The SMILES string of the molecule is COCCn1c(-c2ccc(S(=O)(=O)N3CCOCC3)cc2)csc1=Nc1ccccc1. The van der Waals surface area contributed by atoms with Gasteiger partial charge in [-0.2, -0.15) is 4.31 Å². The molecule has 0 unspecified atom stereocenters. The lowest BCUT2D eigenvalue weighted by Gasteiger charge is -2.26. The molecule has 3 aromatic rings. The van der Waals surface area contributed by atoms with Gasteiger partial charge in [0.05, 0.1) is 36.1 Å². The first kappa shape index (κ1) is 21.9. The van der Waals surface area contributed by atoms with E-state index in [2.05, 4.69) is 4.57 Å². The second kappa shape index (κ2) is 9.88. The summed E-state index contributed by atoms with van der Waals surface area (Å²) in [5, 5.41) is 2.04. The van der Waals surface area contributed by atoms with E-state index in [0.29, 0.717) is 44.4 Å². The molecule has 1 aliphatic rings. The van der Waals surface area contributed by atoms with E-state index < -0.39 is 10.0 Å². The van der Waals surface area contributed by atoms with Gasteiger partial charge in [-0.15, -0.1) is 11.3 Å². The molecule has 164 valence electrons. The Hall–Kier alpha value is -2.30. The van der Waals surface area contributed by atoms with Crippen molar-refractivity contribution in [2.45, 2.75) is 11.4 Å². The van der Waals surface area contributed by atoms with E-state index in [-0.39, 0.29) is 0 Å². The van der Waals surface area contributed by atoms with Crippen LogP contribution in [0.25, 0.3) is 11.3 Å². The molecule has 0 aliphatic carbocycles. The minimum atomic E-state index is -3.51. The molecule has 0 N–H and O–H groups in total. The van der Waals surface area contributed by atoms with Gasteiger partial charge in [-0.1, -0.05) is 30.3 Å². The lowest BCUT2D eigenvalue weighted by molar-refractivity contribution is 0.0730. The number of nitrogens with zero attached hydrogens (tertiary/aromatic N) is 3. The molecule has 1 aromatic heterocycles. The van der Waals surface area contributed by atoms with E-state index in [9.17, 15) is 8.42 Å². The maximum absolute atomic E-state index is 12.9. The van der Waals surface area contributed by atoms with Crippen LogP contribution in [0.3, 0.4) is 0 Å². The number of morpholine rings is 1. The quantitative estimate of drug-likeness (QED) is 0.544. The molecule has 1 aliphatic heterocycles. The van der Waals surface area contributed by atoms with Crippen LogP contribution >= 0.6 is 11.3 Å². The number of para-hydroxylation sites is 1. The maximum atomic E-state index is 12.9. The van der Waals surface area contributed by atoms with Crippen molar-refractivity contribution in [3.05, 3.63) is 64.8 Å². The molecule has 0 radical (unpaired) electrons. The van der Waals surface area contributed by atoms with Gasteiger partial charge < -0.3 is 14.0 Å². The van der Waals surface area contributed by atoms with Crippen LogP contribution in [0.15, 0.2) is 69.9 Å². The molecular weight excluding hydrogens is 434 g/mol. The van der Waals surface area contributed by atoms with Crippen molar-refractivity contribution in [2.24, 2.45) is 4.99 Å². The van der Waals surface area contributed by atoms with Crippen LogP contribution in [0.2, 0.25) is 0 Å². The molecule has 7 nitrogen and oxygen atoms in total. The Morgan fingerprint density at radius 1 is 1.06 bits per heavy atom. The zero-order valence-electron chi connectivity index (χ0n) is 17.3. The van der Waals surface area contributed by atoms with E-state index in [0.717, 1.165) is 21.7 Å². The molecule has 1 saturated heterocycles. The topological polar surface area (TPSA) is 73.1 Å². The highest BCUT2D eigenvalue weighted by atomic mass is 32.2. The summed E-state index contributed by atoms with van der Waals surface area (Å²) in [6, 6.07) is 16.9. The van der Waals surface area contributed by atoms with E-state index >= 15 is 0 Å². The Labute approximate surface area is 186 Å². The van der Waals surface area contributed by atoms with Crippen molar-refractivity contribution in [2.75, 3.05) is 40.0 Å². The third kappa shape index (κ3) is 4.97. The third-order valence-corrected chi connectivity index (χ3v) is 7.83. The molecule has 0 amide bonds. The number of sulfonamides is 1. The average molecular weight is 460 g/mol. The van der Waals surface area contributed by atoms with E-state index in [1.165, 1.54) is 4.31 Å². The Kier molecular flexibility index (Phi) is 6.99. The summed E-state index contributed by atoms with van der Waals surface area (Å²) in [5.74, 6) is 0. The molecule has 4 rings (SSSR count). The molecular formula is C22H25N3O4S2. The Morgan fingerprint density at radius 2 is 1.77 bits per heavy atom. The van der Waals surface area contributed by atoms with Crippen LogP contribution in [0.1, 0.15) is 0 Å². The number of benzene rings is 2. The smallest absolute Gasteiger partial charge is 0.243 e. The van der Waals surface area contributed by atoms with Crippen LogP contribution in [0, 0.1) is 0 Å². The summed E-state index contributed by atoms with van der Waals surface area (Å²) < 4.78 is 39.9. The Balaban J connectivity index is 1.67. The van der Waals surface area contributed by atoms with Gasteiger partial charge in [-0.3, -0.25) is 0 Å². The highest BCUT2D eigenvalue weighted by Crippen LogP contribution is 2.24. The predicted octanol–water partition coefficient (Wildman–Crippen LogP) is 3.12. The number of hydrogen-bond donors (Lipinski definition) is 0. The average Bonchev–Trinajstić information content (AvgIpc) is 3.21. The van der Waals surface area contributed by atoms with Crippen LogP contribution < -0.4 is 4.80 Å². The molecule has 1 fully saturated rings. The second-order valence-corrected chi connectivity index (χ2v) is 9.81. The lowest BCUT2D eigenvalue weighted by atomic mass is 10.2. The molecule has 0 spiro atoms. The van der Waals surface area contributed by atoms with Crippen LogP contribution in [-0.4, -0.2) is 57.3 Å². The number of hydrogen-bond acceptors (Lipinski definition) is 6. The fraction of sp³-hybridized carbons (Fsp3) is 0.318. The molecule has 0 atom stereocenters. The first-order valence-electron chi connectivity index (χ1n) is 10.0. The van der Waals surface area contributed by atoms with Gasteiger partial charge >= 0.3 is 0 Å². The van der Waals surface area contributed by atoms with Gasteiger partial charge in [-0.25, -0.2) is 13.4 Å². The number of rotatable bonds is 7. The first-order chi connectivity index (χ1) is 15.1. The number of thiazole rings is 1. The Morgan fingerprint density at radius 3 is 2.45 bits per heavy atom. The van der Waals surface area contributed by atoms with Crippen LogP contribution in [0.4, 0.5) is 5.69 Å². The highest BCUT2D eigenvalue weighted by Gasteiger charge is 2.26. The molecule has 0 bridgehead atoms. The number of aromatic nitrogens is 1. The van der Waals surface area contributed by atoms with Crippen LogP contribution in [0.5, 0.6) is 0 Å². The molecule has 0 saturated carbocycles. The van der Waals surface area contributed by atoms with Gasteiger partial charge in [0.1, 0.15) is 0 Å². The fourth-order valence-electron chi connectivity index (χ4n) is 3.39. The normalized spacial score (nSPS) is 16.0.